The van der Waals surface area contributed by atoms with Crippen molar-refractivity contribution in [1.82, 2.24) is 9.88 Å². The molecule has 90 valence electrons. The third-order valence-electron chi connectivity index (χ3n) is 2.71. The molecule has 3 heteroatoms. The summed E-state index contributed by atoms with van der Waals surface area (Å²) < 4.78 is 0. The van der Waals surface area contributed by atoms with Gasteiger partial charge in [0.25, 0.3) is 0 Å². The molecular weight excluding hydrogens is 198 g/mol. The second kappa shape index (κ2) is 6.48. The summed E-state index contributed by atoms with van der Waals surface area (Å²) in [5.74, 6) is 0. The second-order valence-corrected chi connectivity index (χ2v) is 4.59. The molecule has 0 bridgehead atoms. The summed E-state index contributed by atoms with van der Waals surface area (Å²) in [6.07, 6.45) is 3.62. The van der Waals surface area contributed by atoms with Gasteiger partial charge in [0.05, 0.1) is 0 Å². The number of anilines is 1. The van der Waals surface area contributed by atoms with E-state index in [4.69, 9.17) is 0 Å². The fourth-order valence-electron chi connectivity index (χ4n) is 1.91. The van der Waals surface area contributed by atoms with Crippen molar-refractivity contribution in [3.05, 3.63) is 24.5 Å². The molecule has 0 amide bonds. The first-order chi connectivity index (χ1) is 7.61. The maximum Gasteiger partial charge on any atom is 0.0371 e. The quantitative estimate of drug-likeness (QED) is 0.800. The van der Waals surface area contributed by atoms with Crippen molar-refractivity contribution < 1.29 is 0 Å². The van der Waals surface area contributed by atoms with Crippen LogP contribution in [0.4, 0.5) is 5.69 Å². The van der Waals surface area contributed by atoms with Crippen LogP contribution in [-0.2, 0) is 0 Å². The van der Waals surface area contributed by atoms with Gasteiger partial charge in [-0.1, -0.05) is 0 Å². The molecule has 0 saturated carbocycles. The molecule has 3 nitrogen and oxygen atoms in total. The maximum atomic E-state index is 3.99. The monoisotopic (exact) mass is 221 g/mol. The summed E-state index contributed by atoms with van der Waals surface area (Å²) in [6.45, 7) is 11.0. The molecule has 0 unspecified atom stereocenters. The Labute approximate surface area is 98.9 Å². The predicted octanol–water partition coefficient (Wildman–Crippen LogP) is 2.61. The van der Waals surface area contributed by atoms with Crippen LogP contribution in [0.1, 0.15) is 27.7 Å². The van der Waals surface area contributed by atoms with E-state index in [0.29, 0.717) is 12.1 Å². The molecule has 0 aliphatic heterocycles. The van der Waals surface area contributed by atoms with E-state index in [-0.39, 0.29) is 0 Å². The van der Waals surface area contributed by atoms with Crippen molar-refractivity contribution >= 4 is 5.69 Å². The van der Waals surface area contributed by atoms with E-state index in [1.54, 1.807) is 0 Å². The minimum atomic E-state index is 0.597. The molecule has 0 saturated heterocycles. The second-order valence-electron chi connectivity index (χ2n) is 4.59. The molecule has 0 aliphatic rings. The summed E-state index contributed by atoms with van der Waals surface area (Å²) in [4.78, 5) is 6.47. The first-order valence-corrected chi connectivity index (χ1v) is 6.01. The van der Waals surface area contributed by atoms with E-state index in [9.17, 15) is 0 Å². The van der Waals surface area contributed by atoms with Gasteiger partial charge < -0.3 is 5.32 Å². The lowest BCUT2D eigenvalue weighted by Crippen LogP contribution is -2.40. The van der Waals surface area contributed by atoms with Crippen LogP contribution in [0, 0.1) is 0 Å². The molecule has 1 aromatic heterocycles. The lowest BCUT2D eigenvalue weighted by molar-refractivity contribution is 0.182. The molecule has 0 fully saturated rings. The van der Waals surface area contributed by atoms with Gasteiger partial charge in [-0.25, -0.2) is 0 Å². The third-order valence-corrected chi connectivity index (χ3v) is 2.71. The number of hydrogen-bond donors (Lipinski definition) is 1. The highest BCUT2D eigenvalue weighted by molar-refractivity contribution is 5.40. The summed E-state index contributed by atoms with van der Waals surface area (Å²) in [6, 6.07) is 5.18. The lowest BCUT2D eigenvalue weighted by Gasteiger charge is -2.30. The number of pyridine rings is 1. The number of rotatable bonds is 6. The minimum Gasteiger partial charge on any atom is -0.384 e. The number of nitrogens with zero attached hydrogens (tertiary/aromatic N) is 2. The van der Waals surface area contributed by atoms with Crippen LogP contribution in [0.15, 0.2) is 24.5 Å². The van der Waals surface area contributed by atoms with Crippen LogP contribution in [0.2, 0.25) is 0 Å². The van der Waals surface area contributed by atoms with Gasteiger partial charge in [0.1, 0.15) is 0 Å². The predicted molar refractivity (Wildman–Crippen MR) is 69.7 cm³/mol. The van der Waals surface area contributed by atoms with Crippen LogP contribution < -0.4 is 5.32 Å². The molecule has 1 rings (SSSR count). The zero-order chi connectivity index (χ0) is 12.0. The zero-order valence-corrected chi connectivity index (χ0v) is 10.8. The van der Waals surface area contributed by atoms with Gasteiger partial charge in [-0.15, -0.1) is 0 Å². The Kier molecular flexibility index (Phi) is 5.26. The van der Waals surface area contributed by atoms with Gasteiger partial charge in [-0.2, -0.15) is 0 Å². The Morgan fingerprint density at radius 1 is 1.12 bits per heavy atom. The Bertz CT molecular complexity index is 274. The van der Waals surface area contributed by atoms with E-state index in [0.717, 1.165) is 18.8 Å². The standard InChI is InChI=1S/C13H23N3/c1-11(2)16(12(3)4)10-9-15-13-5-7-14-8-6-13/h5-8,11-12H,9-10H2,1-4H3,(H,14,15). The van der Waals surface area contributed by atoms with E-state index in [1.807, 2.05) is 24.5 Å². The number of hydrogen-bond acceptors (Lipinski definition) is 3. The van der Waals surface area contributed by atoms with Crippen LogP contribution >= 0.6 is 0 Å². The molecule has 0 aromatic carbocycles. The van der Waals surface area contributed by atoms with Crippen molar-refractivity contribution in [1.29, 1.82) is 0 Å². The normalized spacial score (nSPS) is 11.4. The molecule has 0 atom stereocenters. The molecule has 0 spiro atoms. The van der Waals surface area contributed by atoms with Crippen molar-refractivity contribution in [2.45, 2.75) is 39.8 Å². The summed E-state index contributed by atoms with van der Waals surface area (Å²) in [5.41, 5.74) is 1.14. The van der Waals surface area contributed by atoms with Crippen molar-refractivity contribution in [2.75, 3.05) is 18.4 Å². The maximum absolute atomic E-state index is 3.99. The van der Waals surface area contributed by atoms with Gasteiger partial charge in [-0.3, -0.25) is 9.88 Å². The molecule has 1 N–H and O–H groups in total. The van der Waals surface area contributed by atoms with Gasteiger partial charge >= 0.3 is 0 Å². The van der Waals surface area contributed by atoms with E-state index in [1.165, 1.54) is 0 Å². The molecule has 0 radical (unpaired) electrons. The van der Waals surface area contributed by atoms with Crippen LogP contribution in [0.25, 0.3) is 0 Å². The molecular formula is C13H23N3. The smallest absolute Gasteiger partial charge is 0.0371 e. The first kappa shape index (κ1) is 13.0. The molecule has 0 aliphatic carbocycles. The summed E-state index contributed by atoms with van der Waals surface area (Å²) in [7, 11) is 0. The average Bonchev–Trinajstić information content (AvgIpc) is 2.24. The Morgan fingerprint density at radius 3 is 2.19 bits per heavy atom. The summed E-state index contributed by atoms with van der Waals surface area (Å²) in [5, 5.41) is 3.40. The molecule has 1 heterocycles. The van der Waals surface area contributed by atoms with E-state index < -0.39 is 0 Å². The zero-order valence-electron chi connectivity index (χ0n) is 10.8. The topological polar surface area (TPSA) is 28.2 Å². The highest BCUT2D eigenvalue weighted by atomic mass is 15.2. The highest BCUT2D eigenvalue weighted by Gasteiger charge is 2.11. The third kappa shape index (κ3) is 4.19. The average molecular weight is 221 g/mol. The fraction of sp³-hybridized carbons (Fsp3) is 0.615. The van der Waals surface area contributed by atoms with Crippen LogP contribution in [0.5, 0.6) is 0 Å². The summed E-state index contributed by atoms with van der Waals surface area (Å²) >= 11 is 0. The van der Waals surface area contributed by atoms with E-state index >= 15 is 0 Å². The van der Waals surface area contributed by atoms with E-state index in [2.05, 4.69) is 42.9 Å². The Balaban J connectivity index is 2.34. The van der Waals surface area contributed by atoms with Crippen LogP contribution in [0.3, 0.4) is 0 Å². The minimum absolute atomic E-state index is 0.597. The van der Waals surface area contributed by atoms with Gasteiger partial charge in [-0.05, 0) is 39.8 Å². The molecule has 16 heavy (non-hydrogen) atoms. The van der Waals surface area contributed by atoms with Gasteiger partial charge in [0, 0.05) is 43.3 Å². The lowest BCUT2D eigenvalue weighted by atomic mass is 10.2. The highest BCUT2D eigenvalue weighted by Crippen LogP contribution is 2.06. The number of aromatic nitrogens is 1. The van der Waals surface area contributed by atoms with Gasteiger partial charge in [0.15, 0.2) is 0 Å². The van der Waals surface area contributed by atoms with Gasteiger partial charge in [0.2, 0.25) is 0 Å². The van der Waals surface area contributed by atoms with Crippen molar-refractivity contribution in [3.63, 3.8) is 0 Å². The number of nitrogens with one attached hydrogen (secondary N) is 1. The fourth-order valence-corrected chi connectivity index (χ4v) is 1.91. The largest absolute Gasteiger partial charge is 0.384 e. The Hall–Kier alpha value is -1.09. The Morgan fingerprint density at radius 2 is 1.69 bits per heavy atom. The first-order valence-electron chi connectivity index (χ1n) is 6.01. The van der Waals surface area contributed by atoms with Crippen molar-refractivity contribution in [2.24, 2.45) is 0 Å². The van der Waals surface area contributed by atoms with Crippen LogP contribution in [-0.4, -0.2) is 35.1 Å². The van der Waals surface area contributed by atoms with Crippen molar-refractivity contribution in [3.8, 4) is 0 Å². The molecule has 1 aromatic rings. The SMILES string of the molecule is CC(C)N(CCNc1ccncc1)C(C)C.